The van der Waals surface area contributed by atoms with Crippen LogP contribution in [0.5, 0.6) is 5.75 Å². The topological polar surface area (TPSA) is 62.2 Å². The molecule has 0 unspecified atom stereocenters. The SMILES string of the molecule is CC(C)(C)c1ccc(O)c(NC(=O)c2ccc3scnc3c2)c1. The third-order valence-corrected chi connectivity index (χ3v) is 4.51. The summed E-state index contributed by atoms with van der Waals surface area (Å²) in [6.45, 7) is 6.25. The largest absolute Gasteiger partial charge is 0.506 e. The summed E-state index contributed by atoms with van der Waals surface area (Å²) in [5.41, 5.74) is 4.47. The number of carbonyl (C=O) groups is 1. The van der Waals surface area contributed by atoms with Crippen molar-refractivity contribution >= 4 is 33.1 Å². The Hall–Kier alpha value is -2.40. The van der Waals surface area contributed by atoms with E-state index in [9.17, 15) is 9.90 Å². The summed E-state index contributed by atoms with van der Waals surface area (Å²) in [6, 6.07) is 10.7. The van der Waals surface area contributed by atoms with Crippen LogP contribution in [0, 0.1) is 0 Å². The van der Waals surface area contributed by atoms with E-state index in [4.69, 9.17) is 0 Å². The molecular formula is C18H18N2O2S. The quantitative estimate of drug-likeness (QED) is 0.679. The summed E-state index contributed by atoms with van der Waals surface area (Å²) < 4.78 is 1.04. The van der Waals surface area contributed by atoms with E-state index in [0.29, 0.717) is 11.3 Å². The van der Waals surface area contributed by atoms with E-state index in [-0.39, 0.29) is 17.1 Å². The highest BCUT2D eigenvalue weighted by atomic mass is 32.1. The van der Waals surface area contributed by atoms with Crippen LogP contribution in [0.1, 0.15) is 36.7 Å². The van der Waals surface area contributed by atoms with Gasteiger partial charge < -0.3 is 10.4 Å². The molecule has 0 radical (unpaired) electrons. The number of nitrogens with zero attached hydrogens (tertiary/aromatic N) is 1. The average molecular weight is 326 g/mol. The van der Waals surface area contributed by atoms with E-state index in [2.05, 4.69) is 31.1 Å². The summed E-state index contributed by atoms with van der Waals surface area (Å²) in [6.07, 6.45) is 0. The van der Waals surface area contributed by atoms with Crippen LogP contribution in [0.3, 0.4) is 0 Å². The minimum absolute atomic E-state index is 0.0566. The van der Waals surface area contributed by atoms with Gasteiger partial charge in [0, 0.05) is 5.56 Å². The zero-order chi connectivity index (χ0) is 16.6. The molecule has 23 heavy (non-hydrogen) atoms. The van der Waals surface area contributed by atoms with E-state index < -0.39 is 0 Å². The van der Waals surface area contributed by atoms with Crippen molar-refractivity contribution in [1.29, 1.82) is 0 Å². The van der Waals surface area contributed by atoms with Crippen molar-refractivity contribution in [2.45, 2.75) is 26.2 Å². The van der Waals surface area contributed by atoms with Gasteiger partial charge in [-0.05, 0) is 41.3 Å². The molecule has 0 aliphatic heterocycles. The molecule has 2 N–H and O–H groups in total. The number of hydrogen-bond donors (Lipinski definition) is 2. The number of amides is 1. The van der Waals surface area contributed by atoms with Gasteiger partial charge in [-0.1, -0.05) is 26.8 Å². The Kier molecular flexibility index (Phi) is 3.82. The van der Waals surface area contributed by atoms with Crippen LogP contribution in [-0.4, -0.2) is 16.0 Å². The summed E-state index contributed by atoms with van der Waals surface area (Å²) in [7, 11) is 0. The molecule has 0 bridgehead atoms. The molecule has 1 heterocycles. The predicted octanol–water partition coefficient (Wildman–Crippen LogP) is 4.55. The molecule has 1 aromatic heterocycles. The fourth-order valence-electron chi connectivity index (χ4n) is 2.30. The molecular weight excluding hydrogens is 308 g/mol. The van der Waals surface area contributed by atoms with Gasteiger partial charge in [0.05, 0.1) is 21.4 Å². The Labute approximate surface area is 138 Å². The van der Waals surface area contributed by atoms with Gasteiger partial charge in [-0.3, -0.25) is 4.79 Å². The minimum atomic E-state index is -0.263. The van der Waals surface area contributed by atoms with E-state index >= 15 is 0 Å². The normalized spacial score (nSPS) is 11.6. The molecule has 3 rings (SSSR count). The molecule has 5 heteroatoms. The molecule has 0 aliphatic rings. The second-order valence-corrected chi connectivity index (χ2v) is 7.36. The van der Waals surface area contributed by atoms with Gasteiger partial charge in [0.25, 0.3) is 5.91 Å². The lowest BCUT2D eigenvalue weighted by Crippen LogP contribution is -2.15. The highest BCUT2D eigenvalue weighted by Gasteiger charge is 2.17. The first-order valence-corrected chi connectivity index (χ1v) is 8.21. The Bertz CT molecular complexity index is 878. The third-order valence-electron chi connectivity index (χ3n) is 3.70. The average Bonchev–Trinajstić information content (AvgIpc) is 2.95. The Morgan fingerprint density at radius 1 is 1.17 bits per heavy atom. The number of phenols is 1. The lowest BCUT2D eigenvalue weighted by Gasteiger charge is -2.20. The van der Waals surface area contributed by atoms with Gasteiger partial charge in [-0.25, -0.2) is 4.98 Å². The highest BCUT2D eigenvalue weighted by Crippen LogP contribution is 2.31. The van der Waals surface area contributed by atoms with Crippen molar-refractivity contribution in [2.24, 2.45) is 0 Å². The molecule has 0 fully saturated rings. The number of benzene rings is 2. The number of fused-ring (bicyclic) bond motifs is 1. The summed E-state index contributed by atoms with van der Waals surface area (Å²) in [5.74, 6) is -0.206. The van der Waals surface area contributed by atoms with Crippen LogP contribution in [0.4, 0.5) is 5.69 Å². The van der Waals surface area contributed by atoms with Gasteiger partial charge in [0.15, 0.2) is 0 Å². The number of rotatable bonds is 2. The Balaban J connectivity index is 1.90. The van der Waals surface area contributed by atoms with Crippen LogP contribution in [0.15, 0.2) is 41.9 Å². The number of aromatic nitrogens is 1. The van der Waals surface area contributed by atoms with Gasteiger partial charge in [0.1, 0.15) is 5.75 Å². The predicted molar refractivity (Wildman–Crippen MR) is 94.4 cm³/mol. The molecule has 0 aliphatic carbocycles. The number of nitrogens with one attached hydrogen (secondary N) is 1. The van der Waals surface area contributed by atoms with E-state index in [0.717, 1.165) is 15.8 Å². The summed E-state index contributed by atoms with van der Waals surface area (Å²) >= 11 is 1.54. The first-order valence-electron chi connectivity index (χ1n) is 7.33. The van der Waals surface area contributed by atoms with Crippen LogP contribution >= 0.6 is 11.3 Å². The number of aromatic hydroxyl groups is 1. The van der Waals surface area contributed by atoms with Crippen LogP contribution < -0.4 is 5.32 Å². The van der Waals surface area contributed by atoms with Crippen molar-refractivity contribution < 1.29 is 9.90 Å². The fraction of sp³-hybridized carbons (Fsp3) is 0.222. The molecule has 1 amide bonds. The molecule has 4 nitrogen and oxygen atoms in total. The van der Waals surface area contributed by atoms with Gasteiger partial charge in [0.2, 0.25) is 0 Å². The maximum atomic E-state index is 12.4. The second kappa shape index (κ2) is 5.66. The smallest absolute Gasteiger partial charge is 0.255 e. The number of thiazole rings is 1. The zero-order valence-corrected chi connectivity index (χ0v) is 14.1. The first-order chi connectivity index (χ1) is 10.8. The molecule has 0 saturated heterocycles. The molecule has 118 valence electrons. The van der Waals surface area contributed by atoms with Crippen molar-refractivity contribution in [3.8, 4) is 5.75 Å². The van der Waals surface area contributed by atoms with Crippen molar-refractivity contribution in [1.82, 2.24) is 4.98 Å². The zero-order valence-electron chi connectivity index (χ0n) is 13.3. The lowest BCUT2D eigenvalue weighted by atomic mass is 9.87. The maximum Gasteiger partial charge on any atom is 0.255 e. The Morgan fingerprint density at radius 3 is 2.70 bits per heavy atom. The number of carbonyl (C=O) groups excluding carboxylic acids is 1. The van der Waals surface area contributed by atoms with Gasteiger partial charge in [-0.15, -0.1) is 11.3 Å². The van der Waals surface area contributed by atoms with Crippen molar-refractivity contribution in [3.63, 3.8) is 0 Å². The van der Waals surface area contributed by atoms with Crippen molar-refractivity contribution in [2.75, 3.05) is 5.32 Å². The van der Waals surface area contributed by atoms with Crippen LogP contribution in [0.25, 0.3) is 10.2 Å². The molecule has 0 spiro atoms. The molecule has 3 aromatic rings. The number of phenolic OH excluding ortho intramolecular Hbond substituents is 1. The summed E-state index contributed by atoms with van der Waals surface area (Å²) in [4.78, 5) is 16.7. The lowest BCUT2D eigenvalue weighted by molar-refractivity contribution is 0.102. The molecule has 0 saturated carbocycles. The minimum Gasteiger partial charge on any atom is -0.506 e. The van der Waals surface area contributed by atoms with Gasteiger partial charge in [-0.2, -0.15) is 0 Å². The van der Waals surface area contributed by atoms with E-state index in [1.807, 2.05) is 18.2 Å². The molecule has 0 atom stereocenters. The number of hydrogen-bond acceptors (Lipinski definition) is 4. The van der Waals surface area contributed by atoms with Crippen molar-refractivity contribution in [3.05, 3.63) is 53.0 Å². The fourth-order valence-corrected chi connectivity index (χ4v) is 2.96. The standard InChI is InChI=1S/C18H18N2O2S/c1-18(2,3)12-5-6-15(21)13(9-12)20-17(22)11-4-7-16-14(8-11)19-10-23-16/h4-10,21H,1-3H3,(H,20,22). The number of anilines is 1. The molecule has 2 aromatic carbocycles. The Morgan fingerprint density at radius 2 is 1.96 bits per heavy atom. The van der Waals surface area contributed by atoms with Crippen LogP contribution in [-0.2, 0) is 5.41 Å². The maximum absolute atomic E-state index is 12.4. The first kappa shape index (κ1) is 15.5. The second-order valence-electron chi connectivity index (χ2n) is 6.47. The van der Waals surface area contributed by atoms with E-state index in [1.54, 1.807) is 23.7 Å². The highest BCUT2D eigenvalue weighted by molar-refractivity contribution is 7.16. The van der Waals surface area contributed by atoms with E-state index in [1.165, 1.54) is 11.3 Å². The van der Waals surface area contributed by atoms with Crippen LogP contribution in [0.2, 0.25) is 0 Å². The monoisotopic (exact) mass is 326 g/mol. The third kappa shape index (κ3) is 3.19. The summed E-state index contributed by atoms with van der Waals surface area (Å²) in [5, 5.41) is 12.8. The van der Waals surface area contributed by atoms with Gasteiger partial charge >= 0.3 is 0 Å².